The van der Waals surface area contributed by atoms with Crippen LogP contribution in [0.5, 0.6) is 5.75 Å². The van der Waals surface area contributed by atoms with Crippen LogP contribution < -0.4 is 4.74 Å². The van der Waals surface area contributed by atoms with Gasteiger partial charge in [-0.05, 0) is 64.9 Å². The van der Waals surface area contributed by atoms with Gasteiger partial charge in [-0.2, -0.15) is 0 Å². The van der Waals surface area contributed by atoms with Crippen LogP contribution >= 0.6 is 0 Å². The van der Waals surface area contributed by atoms with Crippen LogP contribution in [0.25, 0.3) is 5.76 Å². The zero-order valence-electron chi connectivity index (χ0n) is 21.0. The van der Waals surface area contributed by atoms with Gasteiger partial charge < -0.3 is 14.7 Å². The maximum atomic E-state index is 13.4. The smallest absolute Gasteiger partial charge is 0.295 e. The molecule has 0 bridgehead atoms. The highest BCUT2D eigenvalue weighted by Gasteiger charge is 2.46. The molecule has 0 aliphatic carbocycles. The fourth-order valence-corrected chi connectivity index (χ4v) is 4.96. The fourth-order valence-electron chi connectivity index (χ4n) is 4.96. The fraction of sp³-hybridized carbons (Fsp3) is 0.300. The predicted molar refractivity (Wildman–Crippen MR) is 137 cm³/mol. The largest absolute Gasteiger partial charge is 0.507 e. The summed E-state index contributed by atoms with van der Waals surface area (Å²) in [6.45, 7) is 8.62. The van der Waals surface area contributed by atoms with E-state index in [0.717, 1.165) is 34.4 Å². The van der Waals surface area contributed by atoms with Crippen molar-refractivity contribution in [2.24, 2.45) is 0 Å². The molecule has 184 valence electrons. The number of nitrogens with zero attached hydrogens (tertiary/aromatic N) is 2. The van der Waals surface area contributed by atoms with Gasteiger partial charge in [0.1, 0.15) is 17.6 Å². The second-order valence-electron chi connectivity index (χ2n) is 10.6. The van der Waals surface area contributed by atoms with E-state index in [9.17, 15) is 14.7 Å². The van der Waals surface area contributed by atoms with Crippen molar-refractivity contribution in [3.05, 3.63) is 100 Å². The number of aliphatic hydroxyl groups is 1. The van der Waals surface area contributed by atoms with Crippen molar-refractivity contribution < 1.29 is 19.4 Å². The minimum Gasteiger partial charge on any atom is -0.507 e. The molecule has 2 aliphatic heterocycles. The molecule has 1 amide bonds. The van der Waals surface area contributed by atoms with Gasteiger partial charge in [-0.15, -0.1) is 0 Å². The minimum atomic E-state index is -0.712. The molecular formula is C30H30N2O4. The maximum absolute atomic E-state index is 13.4. The number of ketones is 1. The van der Waals surface area contributed by atoms with Gasteiger partial charge in [0.25, 0.3) is 11.7 Å². The Bertz CT molecular complexity index is 1350. The summed E-state index contributed by atoms with van der Waals surface area (Å²) in [5.41, 5.74) is 4.31. The number of ether oxygens (including phenoxy) is 1. The molecule has 2 aliphatic rings. The molecule has 0 spiro atoms. The SMILES string of the molecule is CC1Cc2cc(C(O)=C3C(=O)C(=O)N(Cc4ccncc4)C3c3ccc(C(C)(C)C)cc3)ccc2O1. The highest BCUT2D eigenvalue weighted by molar-refractivity contribution is 6.46. The summed E-state index contributed by atoms with van der Waals surface area (Å²) in [5, 5.41) is 11.4. The van der Waals surface area contributed by atoms with Crippen LogP contribution in [0.3, 0.4) is 0 Å². The number of aromatic nitrogens is 1. The first kappa shape index (κ1) is 23.8. The highest BCUT2D eigenvalue weighted by atomic mass is 16.5. The van der Waals surface area contributed by atoms with Crippen molar-refractivity contribution in [2.45, 2.75) is 58.2 Å². The first-order chi connectivity index (χ1) is 17.1. The second kappa shape index (κ2) is 8.94. The first-order valence-corrected chi connectivity index (χ1v) is 12.2. The Morgan fingerprint density at radius 1 is 1.06 bits per heavy atom. The number of fused-ring (bicyclic) bond motifs is 1. The molecule has 2 aromatic carbocycles. The lowest BCUT2D eigenvalue weighted by atomic mass is 9.85. The Hall–Kier alpha value is -3.93. The quantitative estimate of drug-likeness (QED) is 0.309. The Morgan fingerprint density at radius 3 is 2.42 bits per heavy atom. The summed E-state index contributed by atoms with van der Waals surface area (Å²) in [5.74, 6) is -0.697. The van der Waals surface area contributed by atoms with Gasteiger partial charge in [0.05, 0.1) is 11.6 Å². The third-order valence-electron chi connectivity index (χ3n) is 6.90. The number of aliphatic hydroxyl groups excluding tert-OH is 1. The summed E-state index contributed by atoms with van der Waals surface area (Å²) in [4.78, 5) is 32.2. The number of hydrogen-bond acceptors (Lipinski definition) is 5. The van der Waals surface area contributed by atoms with Crippen molar-refractivity contribution in [3.8, 4) is 5.75 Å². The van der Waals surface area contributed by atoms with Crippen LogP contribution in [-0.2, 0) is 28.0 Å². The normalized spacial score (nSPS) is 20.9. The summed E-state index contributed by atoms with van der Waals surface area (Å²) in [6, 6.07) is 16.3. The third kappa shape index (κ3) is 4.28. The van der Waals surface area contributed by atoms with Gasteiger partial charge in [0, 0.05) is 30.9 Å². The molecule has 2 atom stereocenters. The molecule has 3 heterocycles. The van der Waals surface area contributed by atoms with Gasteiger partial charge in [-0.1, -0.05) is 45.0 Å². The lowest BCUT2D eigenvalue weighted by molar-refractivity contribution is -0.140. The van der Waals surface area contributed by atoms with E-state index in [4.69, 9.17) is 4.74 Å². The highest BCUT2D eigenvalue weighted by Crippen LogP contribution is 2.41. The predicted octanol–water partition coefficient (Wildman–Crippen LogP) is 5.32. The van der Waals surface area contributed by atoms with Crippen molar-refractivity contribution in [1.29, 1.82) is 0 Å². The molecule has 0 saturated carbocycles. The molecule has 2 unspecified atom stereocenters. The van der Waals surface area contributed by atoms with Gasteiger partial charge >= 0.3 is 0 Å². The Labute approximate surface area is 211 Å². The molecular weight excluding hydrogens is 452 g/mol. The average molecular weight is 483 g/mol. The Balaban J connectivity index is 1.62. The number of carbonyl (C=O) groups excluding carboxylic acids is 2. The Morgan fingerprint density at radius 2 is 1.75 bits per heavy atom. The molecule has 6 heteroatoms. The zero-order valence-corrected chi connectivity index (χ0v) is 21.0. The van der Waals surface area contributed by atoms with E-state index in [1.165, 1.54) is 4.90 Å². The van der Waals surface area contributed by atoms with Crippen LogP contribution in [0.2, 0.25) is 0 Å². The lowest BCUT2D eigenvalue weighted by Crippen LogP contribution is -2.29. The van der Waals surface area contributed by atoms with Gasteiger partial charge in [0.2, 0.25) is 0 Å². The molecule has 3 aromatic rings. The number of Topliss-reactive ketones (excluding diaryl/α,β-unsaturated/α-hetero) is 1. The summed E-state index contributed by atoms with van der Waals surface area (Å²) in [7, 11) is 0. The van der Waals surface area contributed by atoms with Crippen LogP contribution in [0, 0.1) is 0 Å². The lowest BCUT2D eigenvalue weighted by Gasteiger charge is -2.26. The van der Waals surface area contributed by atoms with E-state index in [-0.39, 0.29) is 29.4 Å². The molecule has 5 rings (SSSR count). The van der Waals surface area contributed by atoms with Gasteiger partial charge in [-0.25, -0.2) is 0 Å². The molecule has 36 heavy (non-hydrogen) atoms. The van der Waals surface area contributed by atoms with Gasteiger partial charge in [0.15, 0.2) is 0 Å². The first-order valence-electron chi connectivity index (χ1n) is 12.2. The standard InChI is InChI=1S/C30H30N2O4/c1-18-15-22-16-21(7-10-24(22)36-18)27(33)25-26(20-5-8-23(9-6-20)30(2,3)4)32(29(35)28(25)34)17-19-11-13-31-14-12-19/h5-14,16,18,26,33H,15,17H2,1-4H3. The van der Waals surface area contributed by atoms with E-state index >= 15 is 0 Å². The van der Waals surface area contributed by atoms with Crippen molar-refractivity contribution in [1.82, 2.24) is 9.88 Å². The monoisotopic (exact) mass is 482 g/mol. The van der Waals surface area contributed by atoms with E-state index in [1.807, 2.05) is 55.5 Å². The number of benzene rings is 2. The second-order valence-corrected chi connectivity index (χ2v) is 10.6. The topological polar surface area (TPSA) is 79.7 Å². The van der Waals surface area contributed by atoms with Crippen LogP contribution in [0.1, 0.15) is 61.6 Å². The summed E-state index contributed by atoms with van der Waals surface area (Å²) < 4.78 is 5.79. The third-order valence-corrected chi connectivity index (χ3v) is 6.90. The number of likely N-dealkylation sites (tertiary alicyclic amines) is 1. The Kier molecular flexibility index (Phi) is 5.91. The van der Waals surface area contributed by atoms with Crippen LogP contribution in [0.4, 0.5) is 0 Å². The van der Waals surface area contributed by atoms with E-state index in [1.54, 1.807) is 18.5 Å². The molecule has 6 nitrogen and oxygen atoms in total. The van der Waals surface area contributed by atoms with Gasteiger partial charge in [-0.3, -0.25) is 14.6 Å². The van der Waals surface area contributed by atoms with E-state index in [0.29, 0.717) is 5.56 Å². The van der Waals surface area contributed by atoms with Crippen LogP contribution in [-0.4, -0.2) is 32.8 Å². The average Bonchev–Trinajstić information content (AvgIpc) is 3.35. The number of pyridine rings is 1. The number of rotatable bonds is 4. The number of hydrogen-bond donors (Lipinski definition) is 1. The van der Waals surface area contributed by atoms with E-state index in [2.05, 4.69) is 25.8 Å². The van der Waals surface area contributed by atoms with E-state index < -0.39 is 17.7 Å². The van der Waals surface area contributed by atoms with Crippen molar-refractivity contribution in [3.63, 3.8) is 0 Å². The maximum Gasteiger partial charge on any atom is 0.295 e. The zero-order chi connectivity index (χ0) is 25.6. The molecule has 1 aromatic heterocycles. The summed E-state index contributed by atoms with van der Waals surface area (Å²) >= 11 is 0. The van der Waals surface area contributed by atoms with Crippen LogP contribution in [0.15, 0.2) is 72.6 Å². The minimum absolute atomic E-state index is 0.0407. The molecule has 0 radical (unpaired) electrons. The molecule has 1 fully saturated rings. The summed E-state index contributed by atoms with van der Waals surface area (Å²) in [6.07, 6.45) is 4.11. The molecule has 1 N–H and O–H groups in total. The molecule has 1 saturated heterocycles. The van der Waals surface area contributed by atoms with Crippen molar-refractivity contribution in [2.75, 3.05) is 0 Å². The van der Waals surface area contributed by atoms with Crippen molar-refractivity contribution >= 4 is 17.4 Å². The number of amides is 1. The number of carbonyl (C=O) groups is 2.